The number of fused-ring (bicyclic) bond motifs is 1. The van der Waals surface area contributed by atoms with Gasteiger partial charge in [0.05, 0.1) is 18.2 Å². The molecule has 0 bridgehead atoms. The van der Waals surface area contributed by atoms with E-state index in [-0.39, 0.29) is 12.6 Å². The fraction of sp³-hybridized carbons (Fsp3) is 0.438. The summed E-state index contributed by atoms with van der Waals surface area (Å²) in [6, 6.07) is 5.98. The van der Waals surface area contributed by atoms with Crippen LogP contribution in [0.3, 0.4) is 0 Å². The number of hydrogen-bond acceptors (Lipinski definition) is 5. The molecule has 3 N–H and O–H groups in total. The van der Waals surface area contributed by atoms with Gasteiger partial charge in [0.2, 0.25) is 0 Å². The predicted octanol–water partition coefficient (Wildman–Crippen LogP) is 0.976. The van der Waals surface area contributed by atoms with E-state index in [0.29, 0.717) is 16.9 Å². The lowest BCUT2D eigenvalue weighted by atomic mass is 9.85. The first-order valence-corrected chi connectivity index (χ1v) is 7.21. The zero-order chi connectivity index (χ0) is 17.2. The summed E-state index contributed by atoms with van der Waals surface area (Å²) in [4.78, 5) is 0. The highest BCUT2D eigenvalue weighted by atomic mass is 16.5. The smallest absolute Gasteiger partial charge is 0.399 e. The van der Waals surface area contributed by atoms with Crippen molar-refractivity contribution in [2.24, 2.45) is 5.73 Å². The van der Waals surface area contributed by atoms with E-state index in [1.54, 1.807) is 39.0 Å². The molecular formula is C16H19N4O3+. The predicted molar refractivity (Wildman–Crippen MR) is 81.3 cm³/mol. The van der Waals surface area contributed by atoms with Gasteiger partial charge in [-0.3, -0.25) is 5.73 Å². The number of amidine groups is 1. The van der Waals surface area contributed by atoms with Crippen LogP contribution in [0.25, 0.3) is 0 Å². The van der Waals surface area contributed by atoms with Crippen LogP contribution in [0.4, 0.5) is 0 Å². The van der Waals surface area contributed by atoms with Crippen molar-refractivity contribution in [2.45, 2.75) is 38.5 Å². The molecule has 23 heavy (non-hydrogen) atoms. The molecule has 0 amide bonds. The Bertz CT molecular complexity index is 728. The van der Waals surface area contributed by atoms with Crippen molar-refractivity contribution in [3.05, 3.63) is 29.3 Å². The summed E-state index contributed by atoms with van der Waals surface area (Å²) in [6.45, 7) is 5.47. The average Bonchev–Trinajstić information content (AvgIpc) is 2.51. The van der Waals surface area contributed by atoms with Gasteiger partial charge in [0.25, 0.3) is 0 Å². The van der Waals surface area contributed by atoms with Crippen molar-refractivity contribution in [3.8, 4) is 18.0 Å². The Morgan fingerprint density at radius 3 is 2.74 bits per heavy atom. The molecule has 0 saturated heterocycles. The van der Waals surface area contributed by atoms with Gasteiger partial charge >= 0.3 is 12.2 Å². The van der Waals surface area contributed by atoms with Crippen LogP contribution < -0.4 is 10.5 Å². The van der Waals surface area contributed by atoms with Crippen LogP contribution >= 0.6 is 0 Å². The van der Waals surface area contributed by atoms with E-state index in [1.165, 1.54) is 0 Å². The third-order valence-electron chi connectivity index (χ3n) is 3.76. The quantitative estimate of drug-likeness (QED) is 0.276. The Labute approximate surface area is 134 Å². The SMILES string of the molecule is CCOC(N)=[N+](C#N)[C@H]1c2cc(C#N)ccc2OC(C)(C)[C@@H]1O. The van der Waals surface area contributed by atoms with Crippen LogP contribution in [0.1, 0.15) is 37.9 Å². The number of nitrogens with zero attached hydrogens (tertiary/aromatic N) is 3. The lowest BCUT2D eigenvalue weighted by Crippen LogP contribution is -2.52. The van der Waals surface area contributed by atoms with Crippen molar-refractivity contribution in [2.75, 3.05) is 6.61 Å². The molecule has 7 nitrogen and oxygen atoms in total. The van der Waals surface area contributed by atoms with E-state index < -0.39 is 17.7 Å². The largest absolute Gasteiger partial charge is 0.485 e. The van der Waals surface area contributed by atoms with Crippen molar-refractivity contribution < 1.29 is 19.2 Å². The monoisotopic (exact) mass is 315 g/mol. The number of nitrogens with two attached hydrogens (primary N) is 1. The highest BCUT2D eigenvalue weighted by molar-refractivity contribution is 5.66. The van der Waals surface area contributed by atoms with E-state index in [9.17, 15) is 10.4 Å². The molecule has 0 radical (unpaired) electrons. The van der Waals surface area contributed by atoms with Crippen molar-refractivity contribution in [1.82, 2.24) is 0 Å². The highest BCUT2D eigenvalue weighted by Crippen LogP contribution is 2.41. The summed E-state index contributed by atoms with van der Waals surface area (Å²) in [5.74, 6) is 0.494. The zero-order valence-electron chi connectivity index (χ0n) is 13.3. The van der Waals surface area contributed by atoms with E-state index >= 15 is 0 Å². The molecule has 0 fully saturated rings. The minimum absolute atomic E-state index is 0.106. The molecule has 0 unspecified atom stereocenters. The van der Waals surface area contributed by atoms with Crippen molar-refractivity contribution in [3.63, 3.8) is 0 Å². The van der Waals surface area contributed by atoms with Gasteiger partial charge in [-0.1, -0.05) is 0 Å². The number of ether oxygens (including phenoxy) is 2. The lowest BCUT2D eigenvalue weighted by Gasteiger charge is -2.40. The summed E-state index contributed by atoms with van der Waals surface area (Å²) in [5.41, 5.74) is 5.81. The Morgan fingerprint density at radius 1 is 1.48 bits per heavy atom. The molecule has 1 heterocycles. The molecule has 0 spiro atoms. The fourth-order valence-corrected chi connectivity index (χ4v) is 2.58. The van der Waals surface area contributed by atoms with E-state index in [2.05, 4.69) is 0 Å². The number of aliphatic hydroxyl groups excluding tert-OH is 1. The first-order valence-electron chi connectivity index (χ1n) is 7.21. The molecule has 1 aromatic carbocycles. The zero-order valence-corrected chi connectivity index (χ0v) is 13.3. The lowest BCUT2D eigenvalue weighted by molar-refractivity contribution is -0.521. The van der Waals surface area contributed by atoms with Gasteiger partial charge in [-0.2, -0.15) is 5.26 Å². The van der Waals surface area contributed by atoms with Crippen LogP contribution in [0.15, 0.2) is 18.2 Å². The molecule has 2 rings (SSSR count). The van der Waals surface area contributed by atoms with Crippen LogP contribution in [0.2, 0.25) is 0 Å². The van der Waals surface area contributed by atoms with Gasteiger partial charge < -0.3 is 14.6 Å². The summed E-state index contributed by atoms with van der Waals surface area (Å²) >= 11 is 0. The Morgan fingerprint density at radius 2 is 2.17 bits per heavy atom. The van der Waals surface area contributed by atoms with Crippen LogP contribution in [-0.4, -0.2) is 34.0 Å². The maximum atomic E-state index is 10.7. The van der Waals surface area contributed by atoms with E-state index in [1.807, 2.05) is 12.3 Å². The minimum Gasteiger partial charge on any atom is -0.485 e. The molecule has 1 aliphatic rings. The van der Waals surface area contributed by atoms with Crippen LogP contribution in [0, 0.1) is 22.8 Å². The number of nitriles is 2. The molecule has 2 atom stereocenters. The number of hydrogen-bond donors (Lipinski definition) is 2. The Kier molecular flexibility index (Phi) is 4.44. The third kappa shape index (κ3) is 2.92. The summed E-state index contributed by atoms with van der Waals surface area (Å²) in [7, 11) is 0. The number of benzene rings is 1. The number of aliphatic hydroxyl groups is 1. The molecule has 0 saturated carbocycles. The average molecular weight is 315 g/mol. The summed E-state index contributed by atoms with van der Waals surface area (Å²) < 4.78 is 12.1. The maximum Gasteiger partial charge on any atom is 0.399 e. The summed E-state index contributed by atoms with van der Waals surface area (Å²) in [6.07, 6.45) is 0.898. The topological polar surface area (TPSA) is 115 Å². The van der Waals surface area contributed by atoms with Gasteiger partial charge in [-0.05, 0) is 39.0 Å². The van der Waals surface area contributed by atoms with Gasteiger partial charge in [-0.25, -0.2) is 0 Å². The second-order valence-corrected chi connectivity index (χ2v) is 5.70. The Hall–Kier alpha value is -2.77. The van der Waals surface area contributed by atoms with Crippen LogP contribution in [-0.2, 0) is 4.74 Å². The normalized spacial score (nSPS) is 22.7. The van der Waals surface area contributed by atoms with Gasteiger partial charge in [-0.15, -0.1) is 4.58 Å². The second kappa shape index (κ2) is 6.15. The standard InChI is InChI=1S/C16H18N4O3/c1-4-22-15(19)20(9-18)13-11-7-10(8-17)5-6-12(11)23-16(2,3)14(13)21/h5-7,13-14,19,21H,4H2,1-3H3/p+1/t13-,14+/m0/s1. The molecule has 1 aromatic rings. The first-order chi connectivity index (χ1) is 10.9. The molecule has 120 valence electrons. The third-order valence-corrected chi connectivity index (χ3v) is 3.76. The fourth-order valence-electron chi connectivity index (χ4n) is 2.58. The Balaban J connectivity index is 2.68. The van der Waals surface area contributed by atoms with Crippen molar-refractivity contribution in [1.29, 1.82) is 10.5 Å². The molecule has 1 aliphatic heterocycles. The molecular weight excluding hydrogens is 296 g/mol. The molecule has 0 aromatic heterocycles. The van der Waals surface area contributed by atoms with Gasteiger partial charge in [0.1, 0.15) is 17.5 Å². The van der Waals surface area contributed by atoms with E-state index in [4.69, 9.17) is 20.5 Å². The second-order valence-electron chi connectivity index (χ2n) is 5.70. The maximum absolute atomic E-state index is 10.7. The minimum atomic E-state index is -1.05. The number of rotatable bonds is 2. The van der Waals surface area contributed by atoms with Crippen LogP contribution in [0.5, 0.6) is 5.75 Å². The summed E-state index contributed by atoms with van der Waals surface area (Å²) in [5, 5.41) is 29.3. The van der Waals surface area contributed by atoms with E-state index in [0.717, 1.165) is 4.58 Å². The molecule has 7 heteroatoms. The molecule has 0 aliphatic carbocycles. The highest BCUT2D eigenvalue weighted by Gasteiger charge is 2.47. The van der Waals surface area contributed by atoms with Gasteiger partial charge in [0.15, 0.2) is 6.04 Å². The van der Waals surface area contributed by atoms with Crippen molar-refractivity contribution >= 4 is 6.02 Å². The van der Waals surface area contributed by atoms with Gasteiger partial charge in [0, 0.05) is 10.8 Å². The first kappa shape index (κ1) is 16.6.